The van der Waals surface area contributed by atoms with Gasteiger partial charge in [0.2, 0.25) is 0 Å². The van der Waals surface area contributed by atoms with Gasteiger partial charge in [-0.1, -0.05) is 42.0 Å². The molecule has 14 heavy (non-hydrogen) atoms. The number of hydrogen-bond donors (Lipinski definition) is 0. The monoisotopic (exact) mass is 191 g/mol. The summed E-state index contributed by atoms with van der Waals surface area (Å²) in [6, 6.07) is 10.4. The first-order valence-corrected chi connectivity index (χ1v) is 5.21. The molecular weight excluding hydrogens is 168 g/mol. The van der Waals surface area contributed by atoms with Crippen molar-refractivity contribution >= 4 is 0 Å². The molecule has 0 N–H and O–H groups in total. The van der Waals surface area contributed by atoms with Gasteiger partial charge in [-0.2, -0.15) is 0 Å². The van der Waals surface area contributed by atoms with Crippen LogP contribution in [0.3, 0.4) is 0 Å². The SMILES string of the molecule is [2H]C([2H])([2H])/C(C)=C/CCCCc1ccccc1. The van der Waals surface area contributed by atoms with Crippen LogP contribution in [0, 0.1) is 0 Å². The quantitative estimate of drug-likeness (QED) is 0.479. The normalized spacial score (nSPS) is 15.8. The van der Waals surface area contributed by atoms with Crippen LogP contribution in [0.25, 0.3) is 0 Å². The number of rotatable bonds is 5. The topological polar surface area (TPSA) is 0 Å². The van der Waals surface area contributed by atoms with Gasteiger partial charge in [-0.3, -0.25) is 0 Å². The zero-order chi connectivity index (χ0) is 12.7. The maximum Gasteiger partial charge on any atom is 0.0276 e. The minimum absolute atomic E-state index is 0.511. The lowest BCUT2D eigenvalue weighted by molar-refractivity contribution is 0.745. The van der Waals surface area contributed by atoms with Crippen LogP contribution >= 0.6 is 0 Å². The molecule has 0 aliphatic carbocycles. The lowest BCUT2D eigenvalue weighted by Gasteiger charge is -1.99. The van der Waals surface area contributed by atoms with E-state index in [9.17, 15) is 0 Å². The minimum atomic E-state index is -1.92. The van der Waals surface area contributed by atoms with Gasteiger partial charge in [-0.15, -0.1) is 0 Å². The van der Waals surface area contributed by atoms with E-state index in [1.807, 2.05) is 24.3 Å². The highest BCUT2D eigenvalue weighted by atomic mass is 14.0. The smallest absolute Gasteiger partial charge is 0.0276 e. The van der Waals surface area contributed by atoms with E-state index in [1.165, 1.54) is 5.56 Å². The molecule has 1 rings (SSSR count). The van der Waals surface area contributed by atoms with Gasteiger partial charge < -0.3 is 0 Å². The van der Waals surface area contributed by atoms with Crippen molar-refractivity contribution < 1.29 is 4.11 Å². The second-order valence-electron chi connectivity index (χ2n) is 3.62. The van der Waals surface area contributed by atoms with Gasteiger partial charge >= 0.3 is 0 Å². The lowest BCUT2D eigenvalue weighted by Crippen LogP contribution is -1.84. The standard InChI is InChI=1S/C14H20/c1-13(2)9-5-3-6-10-14-11-7-4-8-12-14/h4,7-9,11-12H,3,5-6,10H2,1-2H3/i1D3/b13-9-. The highest BCUT2D eigenvalue weighted by Gasteiger charge is 1.90. The molecule has 0 amide bonds. The van der Waals surface area contributed by atoms with Crippen molar-refractivity contribution in [3.8, 4) is 0 Å². The molecule has 0 saturated carbocycles. The third-order valence-corrected chi connectivity index (χ3v) is 2.21. The molecule has 0 aromatic heterocycles. The summed E-state index contributed by atoms with van der Waals surface area (Å²) in [7, 11) is 0. The van der Waals surface area contributed by atoms with Crippen LogP contribution in [0.5, 0.6) is 0 Å². The molecule has 0 heterocycles. The highest BCUT2D eigenvalue weighted by Crippen LogP contribution is 2.07. The first-order valence-electron chi connectivity index (χ1n) is 6.71. The third kappa shape index (κ3) is 4.86. The number of hydrogen-bond acceptors (Lipinski definition) is 0. The summed E-state index contributed by atoms with van der Waals surface area (Å²) in [5.41, 5.74) is 1.86. The van der Waals surface area contributed by atoms with Crippen molar-refractivity contribution in [3.05, 3.63) is 47.5 Å². The molecule has 0 radical (unpaired) electrons. The number of unbranched alkanes of at least 4 members (excludes halogenated alkanes) is 2. The van der Waals surface area contributed by atoms with Crippen molar-refractivity contribution in [1.82, 2.24) is 0 Å². The number of aryl methyl sites for hydroxylation is 1. The molecule has 1 aromatic rings. The molecule has 0 aliphatic heterocycles. The molecule has 0 nitrogen and oxygen atoms in total. The van der Waals surface area contributed by atoms with Crippen LogP contribution in [-0.4, -0.2) is 0 Å². The molecule has 0 fully saturated rings. The summed E-state index contributed by atoms with van der Waals surface area (Å²) in [5.74, 6) is 0. The van der Waals surface area contributed by atoms with Crippen molar-refractivity contribution in [2.75, 3.05) is 0 Å². The Bertz CT molecular complexity index is 349. The van der Waals surface area contributed by atoms with E-state index in [-0.39, 0.29) is 0 Å². The molecule has 0 bridgehead atoms. The zero-order valence-electron chi connectivity index (χ0n) is 11.8. The average molecular weight is 191 g/mol. The predicted octanol–water partition coefficient (Wildman–Crippen LogP) is 4.37. The third-order valence-electron chi connectivity index (χ3n) is 2.21. The van der Waals surface area contributed by atoms with Gasteiger partial charge in [0.15, 0.2) is 0 Å². The molecular formula is C14H20. The summed E-state index contributed by atoms with van der Waals surface area (Å²) in [5, 5.41) is 0. The Morgan fingerprint density at radius 1 is 1.29 bits per heavy atom. The summed E-state index contributed by atoms with van der Waals surface area (Å²) in [6.07, 6.45) is 5.92. The van der Waals surface area contributed by atoms with Crippen LogP contribution in [0.2, 0.25) is 0 Å². The minimum Gasteiger partial charge on any atom is -0.0859 e. The Labute approximate surface area is 91.9 Å². The Morgan fingerprint density at radius 2 is 2.07 bits per heavy atom. The molecule has 1 aromatic carbocycles. The van der Waals surface area contributed by atoms with Crippen LogP contribution in [0.1, 0.15) is 42.7 Å². The van der Waals surface area contributed by atoms with Gasteiger partial charge in [0.1, 0.15) is 0 Å². The maximum absolute atomic E-state index is 7.22. The van der Waals surface area contributed by atoms with E-state index in [0.717, 1.165) is 25.7 Å². The molecule has 0 aliphatic rings. The van der Waals surface area contributed by atoms with E-state index in [1.54, 1.807) is 6.92 Å². The zero-order valence-corrected chi connectivity index (χ0v) is 8.79. The number of benzene rings is 1. The molecule has 0 saturated heterocycles. The average Bonchev–Trinajstić information content (AvgIpc) is 2.28. The van der Waals surface area contributed by atoms with E-state index >= 15 is 0 Å². The van der Waals surface area contributed by atoms with E-state index in [2.05, 4.69) is 12.1 Å². The van der Waals surface area contributed by atoms with E-state index in [4.69, 9.17) is 4.11 Å². The van der Waals surface area contributed by atoms with E-state index < -0.39 is 6.85 Å². The van der Waals surface area contributed by atoms with Crippen LogP contribution in [0.4, 0.5) is 0 Å². The molecule has 0 heteroatoms. The van der Waals surface area contributed by atoms with Crippen molar-refractivity contribution in [3.63, 3.8) is 0 Å². The van der Waals surface area contributed by atoms with Crippen molar-refractivity contribution in [2.45, 2.75) is 39.5 Å². The maximum atomic E-state index is 7.22. The fourth-order valence-corrected chi connectivity index (χ4v) is 1.44. The summed E-state index contributed by atoms with van der Waals surface area (Å²) < 4.78 is 21.7. The Hall–Kier alpha value is -1.04. The van der Waals surface area contributed by atoms with Gasteiger partial charge in [0.25, 0.3) is 0 Å². The van der Waals surface area contributed by atoms with Gasteiger partial charge in [0, 0.05) is 4.11 Å². The van der Waals surface area contributed by atoms with Gasteiger partial charge in [-0.05, 0) is 45.0 Å². The van der Waals surface area contributed by atoms with Crippen molar-refractivity contribution in [1.29, 1.82) is 0 Å². The first kappa shape index (κ1) is 7.28. The summed E-state index contributed by atoms with van der Waals surface area (Å²) in [4.78, 5) is 0. The molecule has 0 spiro atoms. The summed E-state index contributed by atoms with van der Waals surface area (Å²) >= 11 is 0. The molecule has 0 unspecified atom stereocenters. The van der Waals surface area contributed by atoms with Crippen molar-refractivity contribution in [2.24, 2.45) is 0 Å². The Kier molecular flexibility index (Phi) is 3.34. The first-order chi connectivity index (χ1) is 8.00. The fourth-order valence-electron chi connectivity index (χ4n) is 1.44. The van der Waals surface area contributed by atoms with Crippen LogP contribution in [0.15, 0.2) is 42.0 Å². The highest BCUT2D eigenvalue weighted by molar-refractivity contribution is 5.14. The van der Waals surface area contributed by atoms with Gasteiger partial charge in [0.05, 0.1) is 0 Å². The Balaban J connectivity index is 2.22. The lowest BCUT2D eigenvalue weighted by atomic mass is 10.1. The van der Waals surface area contributed by atoms with E-state index in [0.29, 0.717) is 5.57 Å². The Morgan fingerprint density at radius 3 is 2.79 bits per heavy atom. The second kappa shape index (κ2) is 6.42. The van der Waals surface area contributed by atoms with Gasteiger partial charge in [-0.25, -0.2) is 0 Å². The van der Waals surface area contributed by atoms with Crippen LogP contribution in [-0.2, 0) is 6.42 Å². The predicted molar refractivity (Wildman–Crippen MR) is 63.4 cm³/mol. The summed E-state index contributed by atoms with van der Waals surface area (Å²) in [6.45, 7) is -0.233. The number of allylic oxidation sites excluding steroid dienone is 2. The van der Waals surface area contributed by atoms with Crippen LogP contribution < -0.4 is 0 Å². The largest absolute Gasteiger partial charge is 0.0859 e. The second-order valence-corrected chi connectivity index (χ2v) is 3.62. The molecule has 76 valence electrons. The fraction of sp³-hybridized carbons (Fsp3) is 0.429. The molecule has 0 atom stereocenters.